The smallest absolute Gasteiger partial charge is 0.307 e. The third kappa shape index (κ3) is 3.65. The Morgan fingerprint density at radius 3 is 2.59 bits per heavy atom. The molecule has 1 aromatic carbocycles. The molecule has 0 aromatic heterocycles. The molecular formula is C15H13FN2O3S. The number of aliphatic carboxylic acids is 1. The zero-order chi connectivity index (χ0) is 16.1. The van der Waals surface area contributed by atoms with E-state index < -0.39 is 29.5 Å². The number of carboxylic acid groups (broad SMARTS) is 1. The molecule has 0 unspecified atom stereocenters. The molecule has 0 spiro atoms. The number of nitriles is 1. The molecule has 5 nitrogen and oxygen atoms in total. The monoisotopic (exact) mass is 320 g/mol. The third-order valence-corrected chi connectivity index (χ3v) is 4.03. The fraction of sp³-hybridized carbons (Fsp3) is 0.267. The minimum Gasteiger partial charge on any atom is -0.481 e. The maximum Gasteiger partial charge on any atom is 0.307 e. The molecule has 1 amide bonds. The predicted octanol–water partition coefficient (Wildman–Crippen LogP) is 3.00. The van der Waals surface area contributed by atoms with Crippen molar-refractivity contribution in [1.82, 2.24) is 0 Å². The number of benzene rings is 1. The van der Waals surface area contributed by atoms with E-state index >= 15 is 0 Å². The Morgan fingerprint density at radius 2 is 2.00 bits per heavy atom. The standard InChI is InChI=1S/C15H13FN2O3S/c16-12-7-9(22-8-17)5-6-13(12)18-14(19)10-3-1-2-4-11(10)15(20)21/h1-2,5-7,10-11H,3-4H2,(H,18,19)(H,20,21)/t10-,11+/m1/s1. The van der Waals surface area contributed by atoms with Gasteiger partial charge in [0, 0.05) is 4.90 Å². The van der Waals surface area contributed by atoms with Gasteiger partial charge in [0.15, 0.2) is 0 Å². The Morgan fingerprint density at radius 1 is 1.32 bits per heavy atom. The van der Waals surface area contributed by atoms with Crippen molar-refractivity contribution in [3.05, 3.63) is 36.2 Å². The number of amides is 1. The maximum absolute atomic E-state index is 13.9. The molecule has 0 heterocycles. The lowest BCUT2D eigenvalue weighted by atomic mass is 9.82. The van der Waals surface area contributed by atoms with Crippen LogP contribution in [0.15, 0.2) is 35.2 Å². The van der Waals surface area contributed by atoms with Gasteiger partial charge in [0.05, 0.1) is 17.5 Å². The number of anilines is 1. The SMILES string of the molecule is N#CSc1ccc(NC(=O)[C@@H]2CC=CC[C@@H]2C(=O)O)c(F)c1. The first-order valence-corrected chi connectivity index (χ1v) is 7.38. The summed E-state index contributed by atoms with van der Waals surface area (Å²) in [7, 11) is 0. The molecular weight excluding hydrogens is 307 g/mol. The van der Waals surface area contributed by atoms with Crippen LogP contribution >= 0.6 is 11.8 Å². The van der Waals surface area contributed by atoms with Gasteiger partial charge in [0.25, 0.3) is 0 Å². The van der Waals surface area contributed by atoms with Crippen LogP contribution in [-0.2, 0) is 9.59 Å². The summed E-state index contributed by atoms with van der Waals surface area (Å²) in [5.74, 6) is -3.74. The van der Waals surface area contributed by atoms with Crippen molar-refractivity contribution in [2.45, 2.75) is 17.7 Å². The second kappa shape index (κ2) is 7.09. The molecule has 0 fully saturated rings. The minimum absolute atomic E-state index is 0.0222. The van der Waals surface area contributed by atoms with Crippen LogP contribution in [-0.4, -0.2) is 17.0 Å². The van der Waals surface area contributed by atoms with E-state index in [4.69, 9.17) is 10.4 Å². The zero-order valence-electron chi connectivity index (χ0n) is 11.5. The highest BCUT2D eigenvalue weighted by Gasteiger charge is 2.34. The van der Waals surface area contributed by atoms with E-state index in [1.807, 2.05) is 5.40 Å². The number of carboxylic acids is 1. The second-order valence-electron chi connectivity index (χ2n) is 4.82. The summed E-state index contributed by atoms with van der Waals surface area (Å²) >= 11 is 0.815. The summed E-state index contributed by atoms with van der Waals surface area (Å²) < 4.78 is 13.9. The number of allylic oxidation sites excluding steroid dienone is 2. The number of nitrogens with zero attached hydrogens (tertiary/aromatic N) is 1. The number of thioether (sulfide) groups is 1. The van der Waals surface area contributed by atoms with Crippen molar-refractivity contribution in [2.24, 2.45) is 11.8 Å². The van der Waals surface area contributed by atoms with Crippen LogP contribution in [0.25, 0.3) is 0 Å². The van der Waals surface area contributed by atoms with Crippen molar-refractivity contribution >= 4 is 29.3 Å². The number of rotatable bonds is 4. The molecule has 22 heavy (non-hydrogen) atoms. The maximum atomic E-state index is 13.9. The molecule has 114 valence electrons. The largest absolute Gasteiger partial charge is 0.481 e. The van der Waals surface area contributed by atoms with E-state index in [9.17, 15) is 14.0 Å². The zero-order valence-corrected chi connectivity index (χ0v) is 12.3. The number of hydrogen-bond donors (Lipinski definition) is 2. The van der Waals surface area contributed by atoms with Crippen molar-refractivity contribution in [3.8, 4) is 5.40 Å². The van der Waals surface area contributed by atoms with Crippen LogP contribution in [0.2, 0.25) is 0 Å². The van der Waals surface area contributed by atoms with Crippen molar-refractivity contribution in [2.75, 3.05) is 5.32 Å². The van der Waals surface area contributed by atoms with Gasteiger partial charge in [-0.25, -0.2) is 4.39 Å². The van der Waals surface area contributed by atoms with Crippen molar-refractivity contribution in [1.29, 1.82) is 5.26 Å². The lowest BCUT2D eigenvalue weighted by molar-refractivity contribution is -0.146. The quantitative estimate of drug-likeness (QED) is 0.505. The molecule has 2 atom stereocenters. The summed E-state index contributed by atoms with van der Waals surface area (Å²) in [6.45, 7) is 0. The molecule has 0 saturated heterocycles. The van der Waals surface area contributed by atoms with Crippen LogP contribution in [0, 0.1) is 28.3 Å². The van der Waals surface area contributed by atoms with Gasteiger partial charge in [-0.1, -0.05) is 12.2 Å². The average molecular weight is 320 g/mol. The van der Waals surface area contributed by atoms with E-state index in [2.05, 4.69) is 5.32 Å². The number of carbonyl (C=O) groups excluding carboxylic acids is 1. The van der Waals surface area contributed by atoms with Crippen LogP contribution in [0.1, 0.15) is 12.8 Å². The molecule has 2 rings (SSSR count). The van der Waals surface area contributed by atoms with Crippen LogP contribution < -0.4 is 5.32 Å². The highest BCUT2D eigenvalue weighted by atomic mass is 32.2. The molecule has 7 heteroatoms. The Kier molecular flexibility index (Phi) is 5.17. The Labute approximate surface area is 130 Å². The van der Waals surface area contributed by atoms with Gasteiger partial charge in [-0.05, 0) is 42.8 Å². The molecule has 0 aliphatic heterocycles. The summed E-state index contributed by atoms with van der Waals surface area (Å²) in [4.78, 5) is 23.8. The van der Waals surface area contributed by atoms with Crippen LogP contribution in [0.5, 0.6) is 0 Å². The van der Waals surface area contributed by atoms with Crippen LogP contribution in [0.3, 0.4) is 0 Å². The second-order valence-corrected chi connectivity index (χ2v) is 5.68. The first-order valence-electron chi connectivity index (χ1n) is 6.57. The fourth-order valence-electron chi connectivity index (χ4n) is 2.32. The highest BCUT2D eigenvalue weighted by molar-refractivity contribution is 8.03. The molecule has 0 bridgehead atoms. The number of nitrogens with one attached hydrogen (secondary N) is 1. The summed E-state index contributed by atoms with van der Waals surface area (Å²) in [5.41, 5.74) is -0.0222. The molecule has 2 N–H and O–H groups in total. The van der Waals surface area contributed by atoms with Crippen molar-refractivity contribution in [3.63, 3.8) is 0 Å². The lowest BCUT2D eigenvalue weighted by Crippen LogP contribution is -2.34. The molecule has 0 radical (unpaired) electrons. The van der Waals surface area contributed by atoms with Gasteiger partial charge in [-0.3, -0.25) is 9.59 Å². The Bertz CT molecular complexity index is 669. The number of thiocyanates is 1. The summed E-state index contributed by atoms with van der Waals surface area (Å²) in [6.07, 6.45) is 4.09. The predicted molar refractivity (Wildman–Crippen MR) is 79.5 cm³/mol. The van der Waals surface area contributed by atoms with E-state index in [1.54, 1.807) is 12.2 Å². The Balaban J connectivity index is 2.13. The van der Waals surface area contributed by atoms with E-state index in [0.29, 0.717) is 11.3 Å². The first-order chi connectivity index (χ1) is 10.5. The average Bonchev–Trinajstić information content (AvgIpc) is 2.50. The van der Waals surface area contributed by atoms with Gasteiger partial charge in [0.1, 0.15) is 11.2 Å². The van der Waals surface area contributed by atoms with Gasteiger partial charge >= 0.3 is 5.97 Å². The van der Waals surface area contributed by atoms with Gasteiger partial charge in [0.2, 0.25) is 5.91 Å². The van der Waals surface area contributed by atoms with E-state index in [-0.39, 0.29) is 12.1 Å². The number of carbonyl (C=O) groups is 2. The van der Waals surface area contributed by atoms with E-state index in [1.165, 1.54) is 12.1 Å². The van der Waals surface area contributed by atoms with E-state index in [0.717, 1.165) is 17.8 Å². The normalized spacial score (nSPS) is 20.2. The lowest BCUT2D eigenvalue weighted by Gasteiger charge is -2.24. The molecule has 1 aromatic rings. The first kappa shape index (κ1) is 16.0. The Hall–Kier alpha value is -2.33. The molecule has 1 aliphatic rings. The topological polar surface area (TPSA) is 90.2 Å². The van der Waals surface area contributed by atoms with Crippen LogP contribution in [0.4, 0.5) is 10.1 Å². The molecule has 1 aliphatic carbocycles. The van der Waals surface area contributed by atoms with Gasteiger partial charge < -0.3 is 10.4 Å². The third-order valence-electron chi connectivity index (χ3n) is 3.45. The van der Waals surface area contributed by atoms with Gasteiger partial charge in [-0.2, -0.15) is 5.26 Å². The molecule has 0 saturated carbocycles. The fourth-order valence-corrected chi connectivity index (χ4v) is 2.72. The van der Waals surface area contributed by atoms with Crippen molar-refractivity contribution < 1.29 is 19.1 Å². The number of halogens is 1. The number of hydrogen-bond acceptors (Lipinski definition) is 4. The highest BCUT2D eigenvalue weighted by Crippen LogP contribution is 2.28. The van der Waals surface area contributed by atoms with Gasteiger partial charge in [-0.15, -0.1) is 0 Å². The minimum atomic E-state index is -1.04. The summed E-state index contributed by atoms with van der Waals surface area (Å²) in [5, 5.41) is 21.9. The summed E-state index contributed by atoms with van der Waals surface area (Å²) in [6, 6.07) is 4.03.